The average Bonchev–Trinajstić information content (AvgIpc) is 3.38. The standard InChI is InChI=1S/C49H82O26/c1-7-49(6,75-48-41(65)36(60)42(27(19-52)71-48)73-47-39(63)34(58)31(55)26(18-51)70-47)16-10-15-25(17-50)14-9-12-21(2)11-8-13-22(3)67-45-40(64)35(59)43(74-46-38(62)33(57)30(54)24(5)69-46)28(72-45)20-66-44-37(61)32(56)29(53)23(4)68-44/h7,12-13,15,23-24,26-48,50-65H,1,8-11,14,16-20H2,2-6H3/b21-12+,22-13-,25-15-/t23-,24-,26+,27+,28+,29-,30-,31+,32+,33+,34-,35+,36+,37+,38+,39+,40+,41+,42+,43+,44+,45+,46-,47-,48-,49+/m0/s1. The first-order valence-corrected chi connectivity index (χ1v) is 25.3. The van der Waals surface area contributed by atoms with Gasteiger partial charge in [-0.15, -0.1) is 6.58 Å². The van der Waals surface area contributed by atoms with Crippen LogP contribution in [0.15, 0.2) is 47.8 Å². The maximum atomic E-state index is 11.3. The molecule has 5 saturated heterocycles. The summed E-state index contributed by atoms with van der Waals surface area (Å²) in [7, 11) is 0. The van der Waals surface area contributed by atoms with Crippen molar-refractivity contribution in [3.05, 3.63) is 47.8 Å². The first kappa shape index (κ1) is 63.6. The minimum Gasteiger partial charge on any atom is -0.467 e. The Hall–Kier alpha value is -2.24. The number of aliphatic hydroxyl groups is 16. The molecule has 26 atom stereocenters. The molecule has 5 aliphatic heterocycles. The molecular formula is C49H82O26. The number of ether oxygens (including phenoxy) is 10. The molecule has 0 aromatic rings. The van der Waals surface area contributed by atoms with E-state index in [-0.39, 0.29) is 13.0 Å². The van der Waals surface area contributed by atoms with Crippen LogP contribution in [0.5, 0.6) is 0 Å². The number of hydrogen-bond donors (Lipinski definition) is 16. The molecule has 0 aliphatic carbocycles. The van der Waals surface area contributed by atoms with E-state index in [0.717, 1.165) is 11.1 Å². The predicted molar refractivity (Wildman–Crippen MR) is 254 cm³/mol. The first-order chi connectivity index (χ1) is 35.4. The Morgan fingerprint density at radius 1 is 0.507 bits per heavy atom. The van der Waals surface area contributed by atoms with Crippen LogP contribution in [0.3, 0.4) is 0 Å². The molecule has 0 radical (unpaired) electrons. The monoisotopic (exact) mass is 1090 g/mol. The summed E-state index contributed by atoms with van der Waals surface area (Å²) in [5, 5.41) is 167. The lowest BCUT2D eigenvalue weighted by Crippen LogP contribution is -2.65. The van der Waals surface area contributed by atoms with Crippen LogP contribution in [0.2, 0.25) is 0 Å². The van der Waals surface area contributed by atoms with Crippen molar-refractivity contribution >= 4 is 0 Å². The molecule has 0 amide bonds. The van der Waals surface area contributed by atoms with Crippen molar-refractivity contribution in [3.8, 4) is 0 Å². The van der Waals surface area contributed by atoms with Gasteiger partial charge in [-0.05, 0) is 84.8 Å². The summed E-state index contributed by atoms with van der Waals surface area (Å²) in [4.78, 5) is 0. The van der Waals surface area contributed by atoms with Crippen molar-refractivity contribution in [3.63, 3.8) is 0 Å². The van der Waals surface area contributed by atoms with Gasteiger partial charge in [0.25, 0.3) is 0 Å². The summed E-state index contributed by atoms with van der Waals surface area (Å²) < 4.78 is 57.5. The van der Waals surface area contributed by atoms with Crippen molar-refractivity contribution in [2.45, 2.75) is 232 Å². The number of allylic oxidation sites excluding steroid dienone is 5. The average molecular weight is 1090 g/mol. The Bertz CT molecular complexity index is 1840. The van der Waals surface area contributed by atoms with Crippen LogP contribution in [0, 0.1) is 0 Å². The second-order valence-corrected chi connectivity index (χ2v) is 20.1. The van der Waals surface area contributed by atoms with Crippen molar-refractivity contribution in [1.82, 2.24) is 0 Å². The number of hydrogen-bond acceptors (Lipinski definition) is 26. The summed E-state index contributed by atoms with van der Waals surface area (Å²) in [6.07, 6.45) is -28.7. The highest BCUT2D eigenvalue weighted by molar-refractivity contribution is 5.09. The van der Waals surface area contributed by atoms with E-state index in [9.17, 15) is 81.7 Å². The molecule has 434 valence electrons. The molecule has 26 nitrogen and oxygen atoms in total. The molecule has 5 aliphatic rings. The maximum absolute atomic E-state index is 11.3. The van der Waals surface area contributed by atoms with Crippen LogP contribution in [0.4, 0.5) is 0 Å². The van der Waals surface area contributed by atoms with Gasteiger partial charge in [-0.3, -0.25) is 0 Å². The molecule has 5 heterocycles. The van der Waals surface area contributed by atoms with Crippen molar-refractivity contribution < 1.29 is 129 Å². The van der Waals surface area contributed by atoms with Crippen molar-refractivity contribution in [2.75, 3.05) is 26.4 Å². The van der Waals surface area contributed by atoms with E-state index in [1.54, 1.807) is 19.9 Å². The fraction of sp³-hybridized carbons (Fsp3) is 0.837. The van der Waals surface area contributed by atoms with Gasteiger partial charge in [-0.1, -0.05) is 23.8 Å². The molecule has 16 N–H and O–H groups in total. The zero-order valence-electron chi connectivity index (χ0n) is 42.8. The molecular weight excluding hydrogens is 1000 g/mol. The normalized spacial score (nSPS) is 44.3. The molecule has 0 spiro atoms. The van der Waals surface area contributed by atoms with E-state index in [1.165, 1.54) is 19.9 Å². The minimum absolute atomic E-state index is 0.225. The van der Waals surface area contributed by atoms with Crippen LogP contribution in [-0.2, 0) is 47.4 Å². The Labute approximate surface area is 434 Å². The lowest BCUT2D eigenvalue weighted by atomic mass is 9.95. The molecule has 0 unspecified atom stereocenters. The largest absolute Gasteiger partial charge is 0.467 e. The van der Waals surface area contributed by atoms with Gasteiger partial charge in [-0.25, -0.2) is 0 Å². The van der Waals surface area contributed by atoms with Crippen LogP contribution in [0.1, 0.15) is 73.1 Å². The quantitative estimate of drug-likeness (QED) is 0.0319. The smallest absolute Gasteiger partial charge is 0.228 e. The zero-order chi connectivity index (χ0) is 55.6. The lowest BCUT2D eigenvalue weighted by molar-refractivity contribution is -0.365. The predicted octanol–water partition coefficient (Wildman–Crippen LogP) is -4.80. The highest BCUT2D eigenvalue weighted by atomic mass is 16.8. The minimum atomic E-state index is -1.81. The maximum Gasteiger partial charge on any atom is 0.228 e. The summed E-state index contributed by atoms with van der Waals surface area (Å²) in [6, 6.07) is 0. The second kappa shape index (κ2) is 28.8. The first-order valence-electron chi connectivity index (χ1n) is 25.3. The number of rotatable bonds is 24. The fourth-order valence-corrected chi connectivity index (χ4v) is 9.20. The molecule has 5 fully saturated rings. The number of aliphatic hydroxyl groups excluding tert-OH is 16. The van der Waals surface area contributed by atoms with Gasteiger partial charge in [0.2, 0.25) is 6.29 Å². The molecule has 75 heavy (non-hydrogen) atoms. The highest BCUT2D eigenvalue weighted by Crippen LogP contribution is 2.35. The summed E-state index contributed by atoms with van der Waals surface area (Å²) in [5.74, 6) is 0.312. The zero-order valence-corrected chi connectivity index (χ0v) is 42.8. The highest BCUT2D eigenvalue weighted by Gasteiger charge is 2.54. The van der Waals surface area contributed by atoms with E-state index < -0.39 is 179 Å². The molecule has 0 aromatic heterocycles. The summed E-state index contributed by atoms with van der Waals surface area (Å²) >= 11 is 0. The topological polar surface area (TPSA) is 416 Å². The Kier molecular flexibility index (Phi) is 24.4. The van der Waals surface area contributed by atoms with E-state index in [4.69, 9.17) is 47.4 Å². The molecule has 26 heteroatoms. The SMILES string of the molecule is C=C[C@](C)(CC/C=C(\CO)CC/C=C(\C)CC/C=C(/C)O[C@@H]1O[C@H](CO[C@@H]2O[C@@H](C)[C@H](O)[C@@H](O)[C@H]2O)[C@@H](O[C@@H]2O[C@@H](C)[C@H](O)[C@@H](O)[C@H]2O)[C@H](O)[C@H]1O)O[C@@H]1O[C@H](CO)[C@@H](O[C@@H]2O[C@H](CO)[C@@H](O)[C@H](O)[C@H]2O)[C@H](O)[C@H]1O. The Morgan fingerprint density at radius 3 is 1.56 bits per heavy atom. The van der Waals surface area contributed by atoms with Gasteiger partial charge in [0, 0.05) is 0 Å². The van der Waals surface area contributed by atoms with E-state index >= 15 is 0 Å². The van der Waals surface area contributed by atoms with Gasteiger partial charge in [0.1, 0.15) is 110 Å². The van der Waals surface area contributed by atoms with Crippen molar-refractivity contribution in [1.29, 1.82) is 0 Å². The van der Waals surface area contributed by atoms with Gasteiger partial charge in [-0.2, -0.15) is 0 Å². The van der Waals surface area contributed by atoms with E-state index in [1.807, 2.05) is 19.1 Å². The van der Waals surface area contributed by atoms with Crippen LogP contribution in [0.25, 0.3) is 0 Å². The second-order valence-electron chi connectivity index (χ2n) is 20.1. The van der Waals surface area contributed by atoms with Crippen molar-refractivity contribution in [2.24, 2.45) is 0 Å². The van der Waals surface area contributed by atoms with Gasteiger partial charge >= 0.3 is 0 Å². The van der Waals surface area contributed by atoms with E-state index in [2.05, 4.69) is 6.58 Å². The Balaban J connectivity index is 1.11. The molecule has 5 rings (SSSR count). The van der Waals surface area contributed by atoms with Crippen LogP contribution >= 0.6 is 0 Å². The summed E-state index contributed by atoms with van der Waals surface area (Å²) in [6.45, 7) is 9.73. The van der Waals surface area contributed by atoms with Gasteiger partial charge in [0.05, 0.1) is 50.0 Å². The molecule has 0 aromatic carbocycles. The third-order valence-electron chi connectivity index (χ3n) is 14.3. The van der Waals surface area contributed by atoms with Gasteiger partial charge < -0.3 is 129 Å². The molecule has 0 saturated carbocycles. The van der Waals surface area contributed by atoms with Crippen LogP contribution < -0.4 is 0 Å². The lowest BCUT2D eigenvalue weighted by Gasteiger charge is -2.47. The molecule has 0 bridgehead atoms. The van der Waals surface area contributed by atoms with E-state index in [0.29, 0.717) is 37.9 Å². The fourth-order valence-electron chi connectivity index (χ4n) is 9.20. The summed E-state index contributed by atoms with van der Waals surface area (Å²) in [5.41, 5.74) is 0.598. The van der Waals surface area contributed by atoms with Gasteiger partial charge in [0.15, 0.2) is 25.2 Å². The third kappa shape index (κ3) is 16.0. The Morgan fingerprint density at radius 2 is 0.987 bits per heavy atom. The van der Waals surface area contributed by atoms with Crippen LogP contribution in [-0.4, -0.2) is 267 Å². The third-order valence-corrected chi connectivity index (χ3v) is 14.3.